The SMILES string of the molecule is CCCCCC(C(=O)NCNC(=O)c1ccc(-c2ccc(C(=O)NC(CCC(=O)O)C(=O)O)c(OCC)c2)o1)[C@@H](CC)N(O)C=O. The van der Waals surface area contributed by atoms with Gasteiger partial charge in [-0.05, 0) is 50.5 Å². The van der Waals surface area contributed by atoms with Gasteiger partial charge in [0.2, 0.25) is 12.3 Å². The molecule has 0 aliphatic heterocycles. The molecule has 15 heteroatoms. The number of carbonyl (C=O) groups excluding carboxylic acids is 4. The average molecular weight is 647 g/mol. The van der Waals surface area contributed by atoms with Crippen LogP contribution in [0.15, 0.2) is 34.7 Å². The first kappa shape index (κ1) is 37.3. The lowest BCUT2D eigenvalue weighted by atomic mass is 9.90. The molecule has 252 valence electrons. The number of furan rings is 1. The molecule has 0 aliphatic rings. The zero-order valence-corrected chi connectivity index (χ0v) is 26.1. The molecule has 1 heterocycles. The topological polar surface area (TPSA) is 225 Å². The van der Waals surface area contributed by atoms with Gasteiger partial charge >= 0.3 is 11.9 Å². The summed E-state index contributed by atoms with van der Waals surface area (Å²) in [5.74, 6) is -4.78. The van der Waals surface area contributed by atoms with Gasteiger partial charge in [-0.3, -0.25) is 29.2 Å². The third kappa shape index (κ3) is 10.9. The molecule has 3 atom stereocenters. The summed E-state index contributed by atoms with van der Waals surface area (Å²) in [7, 11) is 0. The minimum absolute atomic E-state index is 0.0169. The van der Waals surface area contributed by atoms with Crippen molar-refractivity contribution in [3.05, 3.63) is 41.7 Å². The predicted octanol–water partition coefficient (Wildman–Crippen LogP) is 3.02. The molecule has 0 bridgehead atoms. The maximum Gasteiger partial charge on any atom is 0.326 e. The third-order valence-electron chi connectivity index (χ3n) is 7.19. The van der Waals surface area contributed by atoms with Crippen molar-refractivity contribution in [3.63, 3.8) is 0 Å². The molecule has 1 aromatic carbocycles. The summed E-state index contributed by atoms with van der Waals surface area (Å²) in [6.45, 7) is 5.40. The highest BCUT2D eigenvalue weighted by Crippen LogP contribution is 2.29. The monoisotopic (exact) mass is 646 g/mol. The van der Waals surface area contributed by atoms with E-state index in [9.17, 15) is 39.1 Å². The molecule has 15 nitrogen and oxygen atoms in total. The molecule has 1 aromatic heterocycles. The van der Waals surface area contributed by atoms with Gasteiger partial charge in [-0.15, -0.1) is 0 Å². The van der Waals surface area contributed by atoms with E-state index >= 15 is 0 Å². The lowest BCUT2D eigenvalue weighted by molar-refractivity contribution is -0.168. The van der Waals surface area contributed by atoms with Crippen molar-refractivity contribution >= 4 is 36.1 Å². The highest BCUT2D eigenvalue weighted by atomic mass is 16.5. The van der Waals surface area contributed by atoms with E-state index in [-0.39, 0.29) is 48.9 Å². The van der Waals surface area contributed by atoms with E-state index in [2.05, 4.69) is 16.0 Å². The van der Waals surface area contributed by atoms with Crippen LogP contribution in [-0.2, 0) is 19.2 Å². The van der Waals surface area contributed by atoms with E-state index in [0.29, 0.717) is 23.5 Å². The van der Waals surface area contributed by atoms with Gasteiger partial charge in [-0.1, -0.05) is 39.2 Å². The first-order valence-corrected chi connectivity index (χ1v) is 15.1. The van der Waals surface area contributed by atoms with Crippen molar-refractivity contribution in [2.75, 3.05) is 13.3 Å². The second-order valence-electron chi connectivity index (χ2n) is 10.4. The maximum atomic E-state index is 12.9. The minimum Gasteiger partial charge on any atom is -0.493 e. The van der Waals surface area contributed by atoms with Gasteiger partial charge < -0.3 is 35.3 Å². The number of carboxylic acid groups (broad SMARTS) is 2. The first-order chi connectivity index (χ1) is 22.0. The number of hydrogen-bond acceptors (Lipinski definition) is 9. The number of aliphatic carboxylic acids is 2. The fourth-order valence-corrected chi connectivity index (χ4v) is 4.79. The van der Waals surface area contributed by atoms with E-state index in [1.54, 1.807) is 13.8 Å². The number of amides is 4. The molecular weight excluding hydrogens is 604 g/mol. The van der Waals surface area contributed by atoms with Crippen molar-refractivity contribution in [1.29, 1.82) is 0 Å². The summed E-state index contributed by atoms with van der Waals surface area (Å²) in [4.78, 5) is 72.1. The van der Waals surface area contributed by atoms with Gasteiger partial charge in [-0.25, -0.2) is 9.86 Å². The number of nitrogens with one attached hydrogen (secondary N) is 3. The Morgan fingerprint density at radius 2 is 1.72 bits per heavy atom. The summed E-state index contributed by atoms with van der Waals surface area (Å²) in [6.07, 6.45) is 2.86. The number of rotatable bonds is 21. The van der Waals surface area contributed by atoms with Crippen LogP contribution < -0.4 is 20.7 Å². The fourth-order valence-electron chi connectivity index (χ4n) is 4.79. The van der Waals surface area contributed by atoms with Gasteiger partial charge in [0.15, 0.2) is 5.76 Å². The summed E-state index contributed by atoms with van der Waals surface area (Å²) in [6, 6.07) is 5.19. The summed E-state index contributed by atoms with van der Waals surface area (Å²) in [5.41, 5.74) is 0.459. The smallest absolute Gasteiger partial charge is 0.326 e. The van der Waals surface area contributed by atoms with Gasteiger partial charge in [0, 0.05) is 12.0 Å². The van der Waals surface area contributed by atoms with Gasteiger partial charge in [0.05, 0.1) is 30.8 Å². The van der Waals surface area contributed by atoms with Crippen molar-refractivity contribution in [1.82, 2.24) is 21.0 Å². The molecule has 0 fully saturated rings. The van der Waals surface area contributed by atoms with Crippen molar-refractivity contribution < 1.29 is 53.3 Å². The standard InChI is InChI=1S/C31H42N4O11/c1-4-7-8-9-20(23(5-2)35(44)18-36)28(39)32-17-33-30(41)25-14-13-24(46-25)19-10-11-21(26(16-19)45-6-3)29(40)34-22(31(42)43)12-15-27(37)38/h10-11,13-14,16,18,20,22-23,44H,4-9,12,15,17H2,1-3H3,(H,32,39)(H,33,41)(H,34,40)(H,37,38)(H,42,43)/t20?,22?,23-/m1/s1. The van der Waals surface area contributed by atoms with Crippen LogP contribution in [0.25, 0.3) is 11.3 Å². The fraction of sp³-hybridized carbons (Fsp3) is 0.484. The molecule has 2 aromatic rings. The number of hydrogen-bond donors (Lipinski definition) is 6. The highest BCUT2D eigenvalue weighted by molar-refractivity contribution is 5.99. The lowest BCUT2D eigenvalue weighted by Crippen LogP contribution is -2.47. The molecule has 6 N–H and O–H groups in total. The summed E-state index contributed by atoms with van der Waals surface area (Å²) < 4.78 is 11.3. The van der Waals surface area contributed by atoms with Crippen LogP contribution in [-0.4, -0.2) is 81.9 Å². The first-order valence-electron chi connectivity index (χ1n) is 15.1. The van der Waals surface area contributed by atoms with Crippen LogP contribution in [0.2, 0.25) is 0 Å². The van der Waals surface area contributed by atoms with Crippen molar-refractivity contribution in [3.8, 4) is 17.1 Å². The Morgan fingerprint density at radius 1 is 0.978 bits per heavy atom. The van der Waals surface area contributed by atoms with Crippen LogP contribution in [0.3, 0.4) is 0 Å². The van der Waals surface area contributed by atoms with E-state index < -0.39 is 54.1 Å². The normalized spacial score (nSPS) is 12.7. The molecule has 46 heavy (non-hydrogen) atoms. The summed E-state index contributed by atoms with van der Waals surface area (Å²) in [5, 5.41) is 36.2. The predicted molar refractivity (Wildman–Crippen MR) is 163 cm³/mol. The Labute approximate surface area is 266 Å². The number of unbranched alkanes of at least 4 members (excludes halogenated alkanes) is 2. The molecule has 0 saturated carbocycles. The number of carbonyl (C=O) groups is 6. The van der Waals surface area contributed by atoms with Crippen LogP contribution >= 0.6 is 0 Å². The second kappa shape index (κ2) is 18.8. The van der Waals surface area contributed by atoms with Crippen molar-refractivity contribution in [2.45, 2.75) is 77.8 Å². The number of hydroxylamine groups is 2. The van der Waals surface area contributed by atoms with Gasteiger partial charge in [0.25, 0.3) is 11.8 Å². The average Bonchev–Trinajstić information content (AvgIpc) is 3.53. The summed E-state index contributed by atoms with van der Waals surface area (Å²) >= 11 is 0. The van der Waals surface area contributed by atoms with E-state index in [4.69, 9.17) is 14.3 Å². The van der Waals surface area contributed by atoms with E-state index in [0.717, 1.165) is 19.3 Å². The highest BCUT2D eigenvalue weighted by Gasteiger charge is 2.31. The molecule has 0 aliphatic carbocycles. The minimum atomic E-state index is -1.42. The van der Waals surface area contributed by atoms with Crippen LogP contribution in [0, 0.1) is 5.92 Å². The number of carboxylic acids is 2. The maximum absolute atomic E-state index is 12.9. The van der Waals surface area contributed by atoms with Crippen LogP contribution in [0.4, 0.5) is 0 Å². The molecule has 0 radical (unpaired) electrons. The Bertz CT molecular complexity index is 1360. The largest absolute Gasteiger partial charge is 0.493 e. The molecular formula is C31H42N4O11. The van der Waals surface area contributed by atoms with Gasteiger partial charge in [0.1, 0.15) is 17.6 Å². The molecule has 4 amide bonds. The Kier molecular flexibility index (Phi) is 15.2. The van der Waals surface area contributed by atoms with E-state index in [1.807, 2.05) is 6.92 Å². The second-order valence-corrected chi connectivity index (χ2v) is 10.4. The molecule has 2 unspecified atom stereocenters. The lowest BCUT2D eigenvalue weighted by Gasteiger charge is -2.29. The molecule has 0 saturated heterocycles. The van der Waals surface area contributed by atoms with Crippen molar-refractivity contribution in [2.24, 2.45) is 5.92 Å². The number of benzene rings is 1. The Morgan fingerprint density at radius 3 is 2.33 bits per heavy atom. The Hall–Kier alpha value is -4.92. The third-order valence-corrected chi connectivity index (χ3v) is 7.19. The Balaban J connectivity index is 2.11. The molecule has 2 rings (SSSR count). The van der Waals surface area contributed by atoms with Crippen LogP contribution in [0.5, 0.6) is 5.75 Å². The van der Waals surface area contributed by atoms with E-state index in [1.165, 1.54) is 30.3 Å². The zero-order valence-electron chi connectivity index (χ0n) is 26.1. The zero-order chi connectivity index (χ0) is 34.2. The number of ether oxygens (including phenoxy) is 1. The quantitative estimate of drug-likeness (QED) is 0.0380. The van der Waals surface area contributed by atoms with Crippen LogP contribution in [0.1, 0.15) is 86.6 Å². The number of nitrogens with zero attached hydrogens (tertiary/aromatic N) is 1. The van der Waals surface area contributed by atoms with Gasteiger partial charge in [-0.2, -0.15) is 0 Å². The molecule has 0 spiro atoms.